The summed E-state index contributed by atoms with van der Waals surface area (Å²) in [6.45, 7) is 10.5. The summed E-state index contributed by atoms with van der Waals surface area (Å²) < 4.78 is 74.5. The molecule has 1 fully saturated rings. The molecular weight excluding hydrogens is 474 g/mol. The van der Waals surface area contributed by atoms with Gasteiger partial charge in [0.1, 0.15) is 12.0 Å². The third kappa shape index (κ3) is 10.5. The topological polar surface area (TPSA) is 32.8 Å². The van der Waals surface area contributed by atoms with Gasteiger partial charge in [-0.1, -0.05) is 38.6 Å². The molecule has 0 atom stereocenters. The van der Waals surface area contributed by atoms with Crippen molar-refractivity contribution in [2.45, 2.75) is 32.6 Å². The van der Waals surface area contributed by atoms with E-state index < -0.39 is 23.5 Å². The average Bonchev–Trinajstić information content (AvgIpc) is 2.81. The number of rotatable bonds is 5. The van der Waals surface area contributed by atoms with Gasteiger partial charge in [-0.2, -0.15) is 26.3 Å². The van der Waals surface area contributed by atoms with Gasteiger partial charge >= 0.3 is 12.4 Å². The van der Waals surface area contributed by atoms with Gasteiger partial charge in [-0.3, -0.25) is 0 Å². The fourth-order valence-electron chi connectivity index (χ4n) is 2.91. The number of benzene rings is 2. The number of hydrogen-bond donors (Lipinski definition) is 0. The first kappa shape index (κ1) is 30.2. The number of carbonyl (C=O) groups is 1. The van der Waals surface area contributed by atoms with E-state index in [0.717, 1.165) is 37.4 Å². The van der Waals surface area contributed by atoms with Gasteiger partial charge in [0.2, 0.25) is 0 Å². The molecule has 0 saturated carbocycles. The lowest BCUT2D eigenvalue weighted by molar-refractivity contribution is -0.138. The van der Waals surface area contributed by atoms with E-state index in [4.69, 9.17) is 4.84 Å². The molecule has 35 heavy (non-hydrogen) atoms. The summed E-state index contributed by atoms with van der Waals surface area (Å²) in [5.74, 6) is 0.194. The molecule has 194 valence electrons. The number of aldehydes is 1. The van der Waals surface area contributed by atoms with Crippen LogP contribution in [-0.4, -0.2) is 49.5 Å². The Labute approximate surface area is 201 Å². The second-order valence-corrected chi connectivity index (χ2v) is 7.38. The molecule has 0 aliphatic carbocycles. The van der Waals surface area contributed by atoms with Gasteiger partial charge in [0.05, 0.1) is 11.1 Å². The molecular formula is C25H30F6N2O2. The number of carbonyl (C=O) groups excluding carboxylic acids is 1. The molecule has 3 rings (SSSR count). The van der Waals surface area contributed by atoms with E-state index in [1.165, 1.54) is 18.2 Å². The van der Waals surface area contributed by atoms with Gasteiger partial charge in [-0.25, -0.2) is 0 Å². The number of nitrogens with zero attached hydrogens (tertiary/aromatic N) is 2. The van der Waals surface area contributed by atoms with Gasteiger partial charge < -0.3 is 14.5 Å². The zero-order valence-electron chi connectivity index (χ0n) is 19.9. The largest absolute Gasteiger partial charge is 0.416 e. The summed E-state index contributed by atoms with van der Waals surface area (Å²) in [5.41, 5.74) is -0.437. The first-order chi connectivity index (χ1) is 16.4. The lowest BCUT2D eigenvalue weighted by atomic mass is 10.1. The van der Waals surface area contributed by atoms with E-state index in [1.807, 2.05) is 20.9 Å². The minimum Gasteiger partial charge on any atom is -0.406 e. The predicted octanol–water partition coefficient (Wildman–Crippen LogP) is 6.36. The van der Waals surface area contributed by atoms with Gasteiger partial charge in [-0.05, 0) is 48.5 Å². The molecule has 4 nitrogen and oxygen atoms in total. The highest BCUT2D eigenvalue weighted by Gasteiger charge is 2.32. The minimum absolute atomic E-state index is 0.151. The number of piperazine rings is 1. The summed E-state index contributed by atoms with van der Waals surface area (Å²) in [6.07, 6.45) is -6.51. The Morgan fingerprint density at radius 1 is 0.886 bits per heavy atom. The van der Waals surface area contributed by atoms with E-state index in [0.29, 0.717) is 30.5 Å². The Hall–Kier alpha value is -2.85. The van der Waals surface area contributed by atoms with Crippen LogP contribution in [0, 0.1) is 0 Å². The monoisotopic (exact) mass is 504 g/mol. The van der Waals surface area contributed by atoms with Crippen LogP contribution in [0.15, 0.2) is 49.0 Å². The normalized spacial score (nSPS) is 14.7. The molecule has 0 amide bonds. The zero-order valence-corrected chi connectivity index (χ0v) is 19.9. The van der Waals surface area contributed by atoms with E-state index in [9.17, 15) is 31.1 Å². The summed E-state index contributed by atoms with van der Waals surface area (Å²) in [4.78, 5) is 17.7. The van der Waals surface area contributed by atoms with Crippen molar-refractivity contribution in [2.24, 2.45) is 0 Å². The second kappa shape index (κ2) is 13.9. The highest BCUT2D eigenvalue weighted by atomic mass is 19.4. The van der Waals surface area contributed by atoms with Crippen LogP contribution in [0.3, 0.4) is 0 Å². The number of likely N-dealkylation sites (N-methyl/N-ethyl adjacent to an activating group) is 1. The second-order valence-electron chi connectivity index (χ2n) is 7.38. The van der Waals surface area contributed by atoms with E-state index in [1.54, 1.807) is 11.1 Å². The third-order valence-electron chi connectivity index (χ3n) is 4.79. The van der Waals surface area contributed by atoms with Crippen LogP contribution in [0.2, 0.25) is 0 Å². The summed E-state index contributed by atoms with van der Waals surface area (Å²) >= 11 is 0. The van der Waals surface area contributed by atoms with Crippen molar-refractivity contribution in [1.29, 1.82) is 0 Å². The predicted molar refractivity (Wildman–Crippen MR) is 124 cm³/mol. The maximum absolute atomic E-state index is 12.8. The molecule has 0 spiro atoms. The van der Waals surface area contributed by atoms with Gasteiger partial charge in [-0.15, -0.1) is 5.06 Å². The third-order valence-corrected chi connectivity index (χ3v) is 4.79. The SMILES string of the molecule is C=Cc1cc(ON2CCN(C)CC2)cc(C(F)(F)F)c1.CC.O=CCc1ccc(C(F)(F)F)cc1. The van der Waals surface area contributed by atoms with Crippen LogP contribution in [0.4, 0.5) is 26.3 Å². The number of alkyl halides is 6. The van der Waals surface area contributed by atoms with Crippen molar-refractivity contribution in [3.63, 3.8) is 0 Å². The van der Waals surface area contributed by atoms with E-state index >= 15 is 0 Å². The summed E-state index contributed by atoms with van der Waals surface area (Å²) in [6, 6.07) is 8.18. The Morgan fingerprint density at radius 3 is 1.89 bits per heavy atom. The van der Waals surface area contributed by atoms with Crippen LogP contribution in [0.25, 0.3) is 6.08 Å². The molecule has 0 N–H and O–H groups in total. The molecule has 2 aromatic rings. The number of hydroxylamine groups is 2. The number of halogens is 6. The number of hydrogen-bond acceptors (Lipinski definition) is 4. The molecule has 1 aliphatic heterocycles. The molecule has 0 aromatic heterocycles. The fraction of sp³-hybridized carbons (Fsp3) is 0.400. The Balaban J connectivity index is 0.000000354. The van der Waals surface area contributed by atoms with E-state index in [2.05, 4.69) is 11.5 Å². The Kier molecular flexibility index (Phi) is 12.0. The molecule has 1 heterocycles. The van der Waals surface area contributed by atoms with Gasteiger partial charge in [0.25, 0.3) is 0 Å². The van der Waals surface area contributed by atoms with Crippen molar-refractivity contribution in [3.05, 3.63) is 71.3 Å². The zero-order chi connectivity index (χ0) is 26.6. The van der Waals surface area contributed by atoms with Gasteiger partial charge in [0, 0.05) is 32.6 Å². The van der Waals surface area contributed by atoms with Crippen LogP contribution >= 0.6 is 0 Å². The Bertz CT molecular complexity index is 919. The molecule has 0 bridgehead atoms. The average molecular weight is 505 g/mol. The van der Waals surface area contributed by atoms with E-state index in [-0.39, 0.29) is 12.2 Å². The van der Waals surface area contributed by atoms with Crippen molar-refractivity contribution in [1.82, 2.24) is 9.96 Å². The maximum Gasteiger partial charge on any atom is 0.416 e. The van der Waals surface area contributed by atoms with Crippen molar-refractivity contribution < 1.29 is 36.0 Å². The Morgan fingerprint density at radius 2 is 1.43 bits per heavy atom. The molecule has 2 aromatic carbocycles. The van der Waals surface area contributed by atoms with Gasteiger partial charge in [0.15, 0.2) is 0 Å². The summed E-state index contributed by atoms with van der Waals surface area (Å²) in [5, 5.41) is 1.68. The molecule has 0 radical (unpaired) electrons. The molecule has 10 heteroatoms. The van der Waals surface area contributed by atoms with Crippen LogP contribution < -0.4 is 4.84 Å². The highest BCUT2D eigenvalue weighted by Crippen LogP contribution is 2.33. The molecule has 0 unspecified atom stereocenters. The maximum atomic E-state index is 12.8. The van der Waals surface area contributed by atoms with Crippen LogP contribution in [-0.2, 0) is 23.6 Å². The van der Waals surface area contributed by atoms with Crippen LogP contribution in [0.5, 0.6) is 5.75 Å². The fourth-order valence-corrected chi connectivity index (χ4v) is 2.91. The first-order valence-corrected chi connectivity index (χ1v) is 11.0. The van der Waals surface area contributed by atoms with Crippen molar-refractivity contribution in [2.75, 3.05) is 33.2 Å². The summed E-state index contributed by atoms with van der Waals surface area (Å²) in [7, 11) is 2.00. The smallest absolute Gasteiger partial charge is 0.406 e. The molecule has 1 aliphatic rings. The van der Waals surface area contributed by atoms with Crippen molar-refractivity contribution in [3.8, 4) is 5.75 Å². The quantitative estimate of drug-likeness (QED) is 0.350. The standard InChI is InChI=1S/C14H17F3N2O.C9H7F3O.C2H6/c1-3-11-8-12(14(15,16)17)10-13(9-11)20-19-6-4-18(2)5-7-19;10-9(11,12)8-3-1-7(2-4-8)5-6-13;1-2/h3,8-10H,1,4-7H2,2H3;1-4,6H,5H2;1-2H3. The first-order valence-electron chi connectivity index (χ1n) is 11.0. The van der Waals surface area contributed by atoms with Crippen molar-refractivity contribution >= 4 is 12.4 Å². The van der Waals surface area contributed by atoms with Crippen LogP contribution in [0.1, 0.15) is 36.1 Å². The lowest BCUT2D eigenvalue weighted by Crippen LogP contribution is -2.45. The lowest BCUT2D eigenvalue weighted by Gasteiger charge is -2.31. The highest BCUT2D eigenvalue weighted by molar-refractivity contribution is 5.55. The molecule has 1 saturated heterocycles. The minimum atomic E-state index is -4.39.